The summed E-state index contributed by atoms with van der Waals surface area (Å²) in [6.07, 6.45) is 0. The molecule has 0 saturated heterocycles. The number of hydrogen-bond acceptors (Lipinski definition) is 6. The quantitative estimate of drug-likeness (QED) is 0.793. The summed E-state index contributed by atoms with van der Waals surface area (Å²) in [5.41, 5.74) is 1.94. The van der Waals surface area contributed by atoms with Gasteiger partial charge in [-0.05, 0) is 30.7 Å². The largest absolute Gasteiger partial charge is 0.495 e. The van der Waals surface area contributed by atoms with Crippen LogP contribution in [0.3, 0.4) is 0 Å². The van der Waals surface area contributed by atoms with Crippen LogP contribution in [-0.2, 0) is 10.0 Å². The van der Waals surface area contributed by atoms with E-state index in [1.54, 1.807) is 43.3 Å². The fourth-order valence-corrected chi connectivity index (χ4v) is 4.25. The molecule has 8 heteroatoms. The number of hydrogen-bond donors (Lipinski definition) is 1. The van der Waals surface area contributed by atoms with Gasteiger partial charge in [0.2, 0.25) is 0 Å². The van der Waals surface area contributed by atoms with Crippen molar-refractivity contribution in [1.29, 1.82) is 0 Å². The lowest BCUT2D eigenvalue weighted by atomic mass is 10.2. The molecule has 0 saturated carbocycles. The lowest BCUT2D eigenvalue weighted by Crippen LogP contribution is -2.15. The smallest absolute Gasteiger partial charge is 0.264 e. The third kappa shape index (κ3) is 2.51. The van der Waals surface area contributed by atoms with Crippen LogP contribution in [0.5, 0.6) is 5.75 Å². The molecule has 22 heavy (non-hydrogen) atoms. The summed E-state index contributed by atoms with van der Waals surface area (Å²) in [7, 11) is -2.31. The van der Waals surface area contributed by atoms with Gasteiger partial charge in [0.15, 0.2) is 0 Å². The molecule has 0 bridgehead atoms. The first-order chi connectivity index (χ1) is 10.5. The van der Waals surface area contributed by atoms with Crippen molar-refractivity contribution >= 4 is 38.5 Å². The number of ether oxygens (including phenoxy) is 1. The van der Waals surface area contributed by atoms with Crippen molar-refractivity contribution in [3.8, 4) is 5.75 Å². The third-order valence-electron chi connectivity index (χ3n) is 3.20. The molecule has 1 heterocycles. The second-order valence-electron chi connectivity index (χ2n) is 4.65. The molecule has 0 aliphatic carbocycles. The molecule has 3 aromatic rings. The van der Waals surface area contributed by atoms with Crippen molar-refractivity contribution in [2.75, 3.05) is 11.8 Å². The predicted octanol–water partition coefficient (Wildman–Crippen LogP) is 2.81. The van der Waals surface area contributed by atoms with Crippen molar-refractivity contribution in [2.24, 2.45) is 0 Å². The maximum Gasteiger partial charge on any atom is 0.264 e. The Hall–Kier alpha value is -2.19. The molecule has 0 fully saturated rings. The Morgan fingerprint density at radius 3 is 2.68 bits per heavy atom. The average Bonchev–Trinajstić information content (AvgIpc) is 2.95. The zero-order chi connectivity index (χ0) is 15.7. The predicted molar refractivity (Wildman–Crippen MR) is 86.0 cm³/mol. The number of sulfonamides is 1. The molecule has 0 aliphatic heterocycles. The van der Waals surface area contributed by atoms with Crippen LogP contribution >= 0.6 is 11.7 Å². The Bertz CT molecular complexity index is 935. The number of nitrogens with one attached hydrogen (secondary N) is 1. The zero-order valence-electron chi connectivity index (χ0n) is 11.9. The Balaban J connectivity index is 2.13. The first-order valence-electron chi connectivity index (χ1n) is 6.40. The van der Waals surface area contributed by atoms with E-state index in [4.69, 9.17) is 4.74 Å². The summed E-state index contributed by atoms with van der Waals surface area (Å²) in [4.78, 5) is 0.143. The number of benzene rings is 2. The van der Waals surface area contributed by atoms with E-state index in [0.717, 1.165) is 11.7 Å². The molecule has 1 N–H and O–H groups in total. The van der Waals surface area contributed by atoms with Crippen molar-refractivity contribution < 1.29 is 13.2 Å². The normalized spacial score (nSPS) is 11.5. The first kappa shape index (κ1) is 14.7. The summed E-state index contributed by atoms with van der Waals surface area (Å²) in [5.74, 6) is 0.451. The van der Waals surface area contributed by atoms with Crippen LogP contribution in [0.15, 0.2) is 41.3 Å². The average molecular weight is 335 g/mol. The van der Waals surface area contributed by atoms with Crippen LogP contribution < -0.4 is 9.46 Å². The van der Waals surface area contributed by atoms with Gasteiger partial charge in [-0.3, -0.25) is 4.72 Å². The summed E-state index contributed by atoms with van der Waals surface area (Å²) in [6, 6.07) is 10.3. The van der Waals surface area contributed by atoms with E-state index < -0.39 is 10.0 Å². The maximum absolute atomic E-state index is 12.8. The van der Waals surface area contributed by atoms with Gasteiger partial charge in [0.05, 0.1) is 24.5 Å². The van der Waals surface area contributed by atoms with E-state index in [1.807, 2.05) is 0 Å². The highest BCUT2D eigenvalue weighted by Gasteiger charge is 2.23. The molecule has 0 spiro atoms. The van der Waals surface area contributed by atoms with E-state index in [-0.39, 0.29) is 4.90 Å². The van der Waals surface area contributed by atoms with Crippen LogP contribution in [0.2, 0.25) is 0 Å². The fraction of sp³-hybridized carbons (Fsp3) is 0.143. The van der Waals surface area contributed by atoms with Gasteiger partial charge < -0.3 is 4.74 Å². The number of nitrogens with zero attached hydrogens (tertiary/aromatic N) is 2. The summed E-state index contributed by atoms with van der Waals surface area (Å²) < 4.78 is 41.5. The van der Waals surface area contributed by atoms with Gasteiger partial charge in [0, 0.05) is 0 Å². The van der Waals surface area contributed by atoms with Gasteiger partial charge >= 0.3 is 0 Å². The highest BCUT2D eigenvalue weighted by Crippen LogP contribution is 2.30. The molecular weight excluding hydrogens is 322 g/mol. The van der Waals surface area contributed by atoms with E-state index in [2.05, 4.69) is 13.5 Å². The van der Waals surface area contributed by atoms with Crippen LogP contribution in [0.4, 0.5) is 5.69 Å². The number of rotatable bonds is 4. The molecule has 1 aromatic heterocycles. The standard InChI is InChI=1S/C14H13N3O3S2/c1-9-7-8-11-13(16-21-15-11)14(9)22(18,19)17-10-5-3-4-6-12(10)20-2/h3-8,17H,1-2H3. The van der Waals surface area contributed by atoms with Gasteiger partial charge in [0.1, 0.15) is 21.7 Å². The van der Waals surface area contributed by atoms with Crippen molar-refractivity contribution in [1.82, 2.24) is 8.75 Å². The highest BCUT2D eigenvalue weighted by molar-refractivity contribution is 7.93. The second-order valence-corrected chi connectivity index (χ2v) is 6.80. The molecule has 3 rings (SSSR count). The number of para-hydroxylation sites is 2. The molecular formula is C14H13N3O3S2. The molecule has 0 atom stereocenters. The summed E-state index contributed by atoms with van der Waals surface area (Å²) >= 11 is 0.989. The Morgan fingerprint density at radius 2 is 1.91 bits per heavy atom. The molecule has 0 amide bonds. The van der Waals surface area contributed by atoms with Gasteiger partial charge in [-0.1, -0.05) is 18.2 Å². The summed E-state index contributed by atoms with van der Waals surface area (Å²) in [6.45, 7) is 1.73. The van der Waals surface area contributed by atoms with E-state index >= 15 is 0 Å². The topological polar surface area (TPSA) is 81.2 Å². The van der Waals surface area contributed by atoms with Crippen LogP contribution in [0.1, 0.15) is 5.56 Å². The number of anilines is 1. The zero-order valence-corrected chi connectivity index (χ0v) is 13.5. The van der Waals surface area contributed by atoms with Crippen molar-refractivity contribution in [3.05, 3.63) is 42.0 Å². The molecule has 6 nitrogen and oxygen atoms in total. The third-order valence-corrected chi connectivity index (χ3v) is 5.28. The highest BCUT2D eigenvalue weighted by atomic mass is 32.2. The van der Waals surface area contributed by atoms with E-state index in [1.165, 1.54) is 7.11 Å². The number of fused-ring (bicyclic) bond motifs is 1. The van der Waals surface area contributed by atoms with E-state index in [9.17, 15) is 8.42 Å². The van der Waals surface area contributed by atoms with Crippen LogP contribution in [0.25, 0.3) is 11.0 Å². The fourth-order valence-electron chi connectivity index (χ4n) is 2.19. The molecule has 114 valence electrons. The lowest BCUT2D eigenvalue weighted by Gasteiger charge is -2.13. The van der Waals surface area contributed by atoms with Gasteiger partial charge in [-0.2, -0.15) is 8.75 Å². The van der Waals surface area contributed by atoms with Gasteiger partial charge in [-0.25, -0.2) is 8.42 Å². The van der Waals surface area contributed by atoms with Crippen molar-refractivity contribution in [2.45, 2.75) is 11.8 Å². The minimum Gasteiger partial charge on any atom is -0.495 e. The van der Waals surface area contributed by atoms with E-state index in [0.29, 0.717) is 28.0 Å². The monoisotopic (exact) mass is 335 g/mol. The van der Waals surface area contributed by atoms with Gasteiger partial charge in [-0.15, -0.1) is 0 Å². The SMILES string of the molecule is COc1ccccc1NS(=O)(=O)c1c(C)ccc2nsnc12. The number of aryl methyl sites for hydroxylation is 1. The van der Waals surface area contributed by atoms with Crippen LogP contribution in [-0.4, -0.2) is 24.3 Å². The maximum atomic E-state index is 12.8. The summed E-state index contributed by atoms with van der Waals surface area (Å²) in [5, 5.41) is 0. The van der Waals surface area contributed by atoms with Crippen LogP contribution in [0, 0.1) is 6.92 Å². The Labute approximate surface area is 132 Å². The molecule has 0 aliphatic rings. The minimum atomic E-state index is -3.80. The first-order valence-corrected chi connectivity index (χ1v) is 8.62. The second kappa shape index (κ2) is 5.54. The number of aromatic nitrogens is 2. The Morgan fingerprint density at radius 1 is 1.14 bits per heavy atom. The Kier molecular flexibility index (Phi) is 3.71. The molecule has 2 aromatic carbocycles. The van der Waals surface area contributed by atoms with Crippen molar-refractivity contribution in [3.63, 3.8) is 0 Å². The minimum absolute atomic E-state index is 0.143. The molecule has 0 radical (unpaired) electrons. The molecule has 0 unspecified atom stereocenters. The lowest BCUT2D eigenvalue weighted by molar-refractivity contribution is 0.417. The van der Waals surface area contributed by atoms with Gasteiger partial charge in [0.25, 0.3) is 10.0 Å². The number of methoxy groups -OCH3 is 1.